The number of fused-ring (bicyclic) bond motifs is 1. The van der Waals surface area contributed by atoms with Gasteiger partial charge in [-0.1, -0.05) is 46.3 Å². The number of amides is 1. The van der Waals surface area contributed by atoms with Gasteiger partial charge in [-0.2, -0.15) is 5.10 Å². The van der Waals surface area contributed by atoms with Gasteiger partial charge < -0.3 is 9.40 Å². The van der Waals surface area contributed by atoms with E-state index in [1.165, 1.54) is 6.21 Å². The third-order valence-electron chi connectivity index (χ3n) is 3.97. The Morgan fingerprint density at radius 3 is 2.77 bits per heavy atom. The molecule has 5 nitrogen and oxygen atoms in total. The highest BCUT2D eigenvalue weighted by Crippen LogP contribution is 2.34. The minimum Gasteiger partial charge on any atom is -0.472 e. The second-order valence-electron chi connectivity index (χ2n) is 5.69. The number of hydrogen-bond donors (Lipinski definition) is 2. The second-order valence-corrected chi connectivity index (χ2v) is 6.60. The van der Waals surface area contributed by atoms with E-state index in [0.29, 0.717) is 5.69 Å². The van der Waals surface area contributed by atoms with E-state index in [-0.39, 0.29) is 5.91 Å². The number of H-pyrrole nitrogens is 1. The molecular weight excluding hydrogens is 394 g/mol. The monoisotopic (exact) mass is 407 g/mol. The Labute approximate surface area is 157 Å². The zero-order valence-corrected chi connectivity index (χ0v) is 15.2. The highest BCUT2D eigenvalue weighted by atomic mass is 79.9. The zero-order chi connectivity index (χ0) is 17.9. The Bertz CT molecular complexity index is 1080. The summed E-state index contributed by atoms with van der Waals surface area (Å²) >= 11 is 3.50. The van der Waals surface area contributed by atoms with Crippen LogP contribution in [0.2, 0.25) is 0 Å². The molecule has 0 aliphatic rings. The van der Waals surface area contributed by atoms with Crippen LogP contribution in [-0.4, -0.2) is 17.1 Å². The van der Waals surface area contributed by atoms with Crippen molar-refractivity contribution in [2.45, 2.75) is 0 Å². The van der Waals surface area contributed by atoms with Gasteiger partial charge in [-0.25, -0.2) is 5.43 Å². The number of benzene rings is 2. The molecule has 0 unspecified atom stereocenters. The van der Waals surface area contributed by atoms with Gasteiger partial charge in [-0.15, -0.1) is 0 Å². The minimum atomic E-state index is -0.309. The lowest BCUT2D eigenvalue weighted by atomic mass is 10.0. The number of halogens is 1. The van der Waals surface area contributed by atoms with Crippen LogP contribution < -0.4 is 5.43 Å². The topological polar surface area (TPSA) is 70.4 Å². The van der Waals surface area contributed by atoms with E-state index in [2.05, 4.69) is 31.4 Å². The van der Waals surface area contributed by atoms with Gasteiger partial charge in [0.15, 0.2) is 0 Å². The Hall–Kier alpha value is -3.12. The van der Waals surface area contributed by atoms with Gasteiger partial charge in [0.2, 0.25) is 0 Å². The number of rotatable bonds is 4. The molecule has 0 radical (unpaired) electrons. The Balaban J connectivity index is 1.75. The average Bonchev–Trinajstić information content (AvgIpc) is 3.29. The van der Waals surface area contributed by atoms with Crippen molar-refractivity contribution in [3.05, 3.63) is 82.9 Å². The molecule has 0 saturated carbocycles. The molecule has 2 aromatic carbocycles. The normalized spacial score (nSPS) is 11.3. The maximum atomic E-state index is 12.7. The van der Waals surface area contributed by atoms with Gasteiger partial charge in [-0.3, -0.25) is 4.79 Å². The van der Waals surface area contributed by atoms with Crippen LogP contribution in [0.3, 0.4) is 0 Å². The summed E-state index contributed by atoms with van der Waals surface area (Å²) in [6.45, 7) is 0. The predicted molar refractivity (Wildman–Crippen MR) is 105 cm³/mol. The van der Waals surface area contributed by atoms with Crippen molar-refractivity contribution in [2.75, 3.05) is 0 Å². The van der Waals surface area contributed by atoms with Gasteiger partial charge in [0.05, 0.1) is 18.7 Å². The maximum Gasteiger partial charge on any atom is 0.288 e. The second kappa shape index (κ2) is 7.01. The van der Waals surface area contributed by atoms with Crippen LogP contribution in [0.1, 0.15) is 16.1 Å². The van der Waals surface area contributed by atoms with Gasteiger partial charge in [0.25, 0.3) is 5.91 Å². The Morgan fingerprint density at radius 1 is 1.15 bits per heavy atom. The van der Waals surface area contributed by atoms with E-state index in [4.69, 9.17) is 4.42 Å². The standard InChI is InChI=1S/C20H14BrN3O2/c21-15-6-7-17-16(10-15)18(14-4-2-1-3-5-14)19(23-17)20(25)24-22-11-13-8-9-26-12-13/h1-12,23H,(H,24,25)/b22-11+. The lowest BCUT2D eigenvalue weighted by Crippen LogP contribution is -2.18. The van der Waals surface area contributed by atoms with Crippen LogP contribution in [0, 0.1) is 0 Å². The summed E-state index contributed by atoms with van der Waals surface area (Å²) in [6, 6.07) is 17.4. The van der Waals surface area contributed by atoms with Crippen LogP contribution in [0.4, 0.5) is 0 Å². The Kier molecular flexibility index (Phi) is 4.41. The molecule has 1 amide bonds. The van der Waals surface area contributed by atoms with Crippen LogP contribution in [0.5, 0.6) is 0 Å². The number of hydrogen-bond acceptors (Lipinski definition) is 3. The third kappa shape index (κ3) is 3.19. The number of aromatic nitrogens is 1. The van der Waals surface area contributed by atoms with Gasteiger partial charge >= 0.3 is 0 Å². The molecule has 2 aromatic heterocycles. The van der Waals surface area contributed by atoms with Gasteiger partial charge in [-0.05, 0) is 29.8 Å². The zero-order valence-electron chi connectivity index (χ0n) is 13.6. The molecule has 128 valence electrons. The fourth-order valence-electron chi connectivity index (χ4n) is 2.81. The summed E-state index contributed by atoms with van der Waals surface area (Å²) < 4.78 is 5.92. The molecule has 0 fully saturated rings. The first kappa shape index (κ1) is 16.4. The molecule has 2 heterocycles. The molecule has 6 heteroatoms. The first-order chi connectivity index (χ1) is 12.7. The van der Waals surface area contributed by atoms with E-state index in [1.807, 2.05) is 48.5 Å². The SMILES string of the molecule is O=C(N/N=C/c1ccoc1)c1[nH]c2ccc(Br)cc2c1-c1ccccc1. The van der Waals surface area contributed by atoms with E-state index < -0.39 is 0 Å². The summed E-state index contributed by atoms with van der Waals surface area (Å²) in [5.41, 5.74) is 6.50. The van der Waals surface area contributed by atoms with Crippen molar-refractivity contribution in [1.82, 2.24) is 10.4 Å². The molecule has 0 saturated heterocycles. The fourth-order valence-corrected chi connectivity index (χ4v) is 3.17. The van der Waals surface area contributed by atoms with Crippen LogP contribution in [0.25, 0.3) is 22.0 Å². The smallest absolute Gasteiger partial charge is 0.288 e. The molecule has 26 heavy (non-hydrogen) atoms. The molecule has 4 aromatic rings. The summed E-state index contributed by atoms with van der Waals surface area (Å²) in [7, 11) is 0. The maximum absolute atomic E-state index is 12.7. The molecule has 0 atom stereocenters. The molecule has 4 rings (SSSR count). The Morgan fingerprint density at radius 2 is 2.00 bits per heavy atom. The van der Waals surface area contributed by atoms with E-state index in [9.17, 15) is 4.79 Å². The van der Waals surface area contributed by atoms with Crippen molar-refractivity contribution in [3.8, 4) is 11.1 Å². The van der Waals surface area contributed by atoms with E-state index in [1.54, 1.807) is 18.6 Å². The average molecular weight is 408 g/mol. The van der Waals surface area contributed by atoms with Crippen molar-refractivity contribution in [2.24, 2.45) is 5.10 Å². The number of nitrogens with one attached hydrogen (secondary N) is 2. The van der Waals surface area contributed by atoms with Crippen LogP contribution in [0.15, 0.2) is 81.1 Å². The van der Waals surface area contributed by atoms with Crippen LogP contribution in [-0.2, 0) is 0 Å². The quantitative estimate of drug-likeness (QED) is 0.370. The first-order valence-electron chi connectivity index (χ1n) is 7.94. The minimum absolute atomic E-state index is 0.309. The number of carbonyl (C=O) groups excluding carboxylic acids is 1. The molecule has 0 bridgehead atoms. The van der Waals surface area contributed by atoms with Crippen LogP contribution >= 0.6 is 15.9 Å². The molecular formula is C20H14BrN3O2. The molecule has 0 aliphatic heterocycles. The lowest BCUT2D eigenvalue weighted by molar-refractivity contribution is 0.0951. The number of hydrazone groups is 1. The summed E-state index contributed by atoms with van der Waals surface area (Å²) in [4.78, 5) is 15.9. The molecule has 2 N–H and O–H groups in total. The number of nitrogens with zero attached hydrogens (tertiary/aromatic N) is 1. The number of furan rings is 1. The van der Waals surface area contributed by atoms with Crippen molar-refractivity contribution < 1.29 is 9.21 Å². The number of aromatic amines is 1. The van der Waals surface area contributed by atoms with E-state index >= 15 is 0 Å². The first-order valence-corrected chi connectivity index (χ1v) is 8.74. The van der Waals surface area contributed by atoms with Gasteiger partial charge in [0, 0.05) is 26.5 Å². The molecule has 0 aliphatic carbocycles. The highest BCUT2D eigenvalue weighted by molar-refractivity contribution is 9.10. The molecule has 0 spiro atoms. The van der Waals surface area contributed by atoms with Gasteiger partial charge in [0.1, 0.15) is 5.69 Å². The van der Waals surface area contributed by atoms with Crippen molar-refractivity contribution in [1.29, 1.82) is 0 Å². The summed E-state index contributed by atoms with van der Waals surface area (Å²) in [5.74, 6) is -0.309. The lowest BCUT2D eigenvalue weighted by Gasteiger charge is -2.04. The fraction of sp³-hybridized carbons (Fsp3) is 0. The largest absolute Gasteiger partial charge is 0.472 e. The highest BCUT2D eigenvalue weighted by Gasteiger charge is 2.19. The predicted octanol–water partition coefficient (Wildman–Crippen LogP) is 4.95. The number of carbonyl (C=O) groups is 1. The summed E-state index contributed by atoms with van der Waals surface area (Å²) in [5, 5.41) is 4.97. The third-order valence-corrected chi connectivity index (χ3v) is 4.47. The van der Waals surface area contributed by atoms with E-state index in [0.717, 1.165) is 32.1 Å². The van der Waals surface area contributed by atoms with Crippen molar-refractivity contribution in [3.63, 3.8) is 0 Å². The summed E-state index contributed by atoms with van der Waals surface area (Å²) in [6.07, 6.45) is 4.63. The van der Waals surface area contributed by atoms with Crippen molar-refractivity contribution >= 4 is 39.0 Å².